The molecule has 16 heavy (non-hydrogen) atoms. The summed E-state index contributed by atoms with van der Waals surface area (Å²) in [6, 6.07) is 2.62. The summed E-state index contributed by atoms with van der Waals surface area (Å²) < 4.78 is 0. The van der Waals surface area contributed by atoms with Crippen molar-refractivity contribution in [3.05, 3.63) is 28.0 Å². The lowest BCUT2D eigenvalue weighted by Crippen LogP contribution is -2.38. The molecule has 0 aliphatic rings. The average molecular weight is 226 g/mol. The molecule has 4 N–H and O–H groups in total. The molecule has 1 aromatic rings. The molecular formula is C11H18N2O3. The average Bonchev–Trinajstić information content (AvgIpc) is 2.11. The van der Waals surface area contributed by atoms with Crippen molar-refractivity contribution in [2.75, 3.05) is 6.54 Å². The summed E-state index contributed by atoms with van der Waals surface area (Å²) in [5.41, 5.74) is -0.132. The van der Waals surface area contributed by atoms with E-state index in [9.17, 15) is 15.0 Å². The molecule has 90 valence electrons. The van der Waals surface area contributed by atoms with Gasteiger partial charge in [0.25, 0.3) is 5.56 Å². The van der Waals surface area contributed by atoms with E-state index >= 15 is 0 Å². The first-order chi connectivity index (χ1) is 7.28. The first-order valence-corrected chi connectivity index (χ1v) is 5.14. The van der Waals surface area contributed by atoms with E-state index in [1.807, 2.05) is 20.8 Å². The number of aromatic amines is 1. The Bertz CT molecular complexity index is 406. The van der Waals surface area contributed by atoms with Gasteiger partial charge in [-0.05, 0) is 26.3 Å². The van der Waals surface area contributed by atoms with Crippen LogP contribution in [0.1, 0.15) is 32.4 Å². The Morgan fingerprint density at radius 3 is 2.56 bits per heavy atom. The van der Waals surface area contributed by atoms with Gasteiger partial charge in [-0.1, -0.05) is 0 Å². The van der Waals surface area contributed by atoms with Gasteiger partial charge in [-0.3, -0.25) is 9.78 Å². The predicted molar refractivity (Wildman–Crippen MR) is 61.4 cm³/mol. The molecule has 1 atom stereocenters. The van der Waals surface area contributed by atoms with Crippen molar-refractivity contribution in [2.45, 2.75) is 32.4 Å². The zero-order valence-electron chi connectivity index (χ0n) is 9.74. The molecule has 0 amide bonds. The number of rotatable bonds is 3. The zero-order valence-corrected chi connectivity index (χ0v) is 9.74. The molecule has 5 heteroatoms. The van der Waals surface area contributed by atoms with Gasteiger partial charge in [-0.2, -0.15) is 0 Å². The number of nitrogens with one attached hydrogen (secondary N) is 2. The number of aromatic hydroxyl groups is 1. The van der Waals surface area contributed by atoms with Gasteiger partial charge in [-0.25, -0.2) is 0 Å². The van der Waals surface area contributed by atoms with Gasteiger partial charge >= 0.3 is 0 Å². The van der Waals surface area contributed by atoms with E-state index in [1.165, 1.54) is 12.1 Å². The van der Waals surface area contributed by atoms with Gasteiger partial charge in [-0.15, -0.1) is 0 Å². The van der Waals surface area contributed by atoms with E-state index in [2.05, 4.69) is 10.3 Å². The molecule has 0 aliphatic carbocycles. The maximum absolute atomic E-state index is 11.1. The second kappa shape index (κ2) is 4.67. The highest BCUT2D eigenvalue weighted by Gasteiger charge is 2.14. The molecule has 0 bridgehead atoms. The number of β-amino-alcohol motifs (C(OH)–C–C–N with tert-alkyl or cyclic N) is 1. The monoisotopic (exact) mass is 226 g/mol. The molecule has 0 radical (unpaired) electrons. The van der Waals surface area contributed by atoms with Crippen LogP contribution in [0.2, 0.25) is 0 Å². The van der Waals surface area contributed by atoms with Gasteiger partial charge in [0.15, 0.2) is 5.88 Å². The Labute approximate surface area is 94.1 Å². The molecule has 0 aromatic carbocycles. The van der Waals surface area contributed by atoms with Crippen molar-refractivity contribution in [3.63, 3.8) is 0 Å². The fourth-order valence-electron chi connectivity index (χ4n) is 1.26. The SMILES string of the molecule is CC(C)(C)NCC(O)c1cc(O)[nH]c(=O)c1. The van der Waals surface area contributed by atoms with E-state index in [0.717, 1.165) is 0 Å². The number of pyridine rings is 1. The predicted octanol–water partition coefficient (Wildman–Crippen LogP) is 0.502. The highest BCUT2D eigenvalue weighted by Crippen LogP contribution is 2.14. The lowest BCUT2D eigenvalue weighted by atomic mass is 10.1. The molecular weight excluding hydrogens is 208 g/mol. The number of aliphatic hydroxyl groups is 1. The maximum Gasteiger partial charge on any atom is 0.251 e. The number of aliphatic hydroxyl groups excluding tert-OH is 1. The number of hydrogen-bond acceptors (Lipinski definition) is 4. The Morgan fingerprint density at radius 1 is 1.44 bits per heavy atom. The third-order valence-corrected chi connectivity index (χ3v) is 2.06. The Balaban J connectivity index is 2.73. The molecule has 0 saturated heterocycles. The standard InChI is InChI=1S/C11H18N2O3/c1-11(2,3)12-6-8(14)7-4-9(15)13-10(16)5-7/h4-5,8,12,14H,6H2,1-3H3,(H2,13,15,16). The second-order valence-corrected chi connectivity index (χ2v) is 4.81. The molecule has 0 spiro atoms. The minimum atomic E-state index is -0.813. The molecule has 1 aromatic heterocycles. The Kier molecular flexibility index (Phi) is 3.72. The van der Waals surface area contributed by atoms with Crippen LogP contribution in [0.15, 0.2) is 16.9 Å². The molecule has 0 fully saturated rings. The first kappa shape index (κ1) is 12.7. The number of H-pyrrole nitrogens is 1. The molecule has 0 aliphatic heterocycles. The number of hydrogen-bond donors (Lipinski definition) is 4. The number of aromatic nitrogens is 1. The maximum atomic E-state index is 11.1. The summed E-state index contributed by atoms with van der Waals surface area (Å²) in [5.74, 6) is -0.239. The van der Waals surface area contributed by atoms with Crippen LogP contribution in [-0.4, -0.2) is 27.3 Å². The van der Waals surface area contributed by atoms with Crippen molar-refractivity contribution in [3.8, 4) is 5.88 Å². The van der Waals surface area contributed by atoms with Gasteiger partial charge in [0.05, 0.1) is 6.10 Å². The summed E-state index contributed by atoms with van der Waals surface area (Å²) in [6.45, 7) is 6.27. The third-order valence-electron chi connectivity index (χ3n) is 2.06. The fraction of sp³-hybridized carbons (Fsp3) is 0.545. The highest BCUT2D eigenvalue weighted by molar-refractivity contribution is 5.21. The van der Waals surface area contributed by atoms with E-state index < -0.39 is 11.7 Å². The second-order valence-electron chi connectivity index (χ2n) is 4.81. The highest BCUT2D eigenvalue weighted by atomic mass is 16.3. The van der Waals surface area contributed by atoms with Gasteiger partial charge in [0.1, 0.15) is 0 Å². The van der Waals surface area contributed by atoms with Crippen LogP contribution in [0.25, 0.3) is 0 Å². The van der Waals surface area contributed by atoms with E-state index in [-0.39, 0.29) is 11.4 Å². The first-order valence-electron chi connectivity index (χ1n) is 5.14. The van der Waals surface area contributed by atoms with Crippen LogP contribution in [0.4, 0.5) is 0 Å². The summed E-state index contributed by atoms with van der Waals surface area (Å²) >= 11 is 0. The van der Waals surface area contributed by atoms with Crippen molar-refractivity contribution < 1.29 is 10.2 Å². The minimum absolute atomic E-state index is 0.107. The molecule has 1 unspecified atom stereocenters. The van der Waals surface area contributed by atoms with E-state index in [1.54, 1.807) is 0 Å². The smallest absolute Gasteiger partial charge is 0.251 e. The topological polar surface area (TPSA) is 85.3 Å². The van der Waals surface area contributed by atoms with Gasteiger partial charge in [0, 0.05) is 24.2 Å². The van der Waals surface area contributed by atoms with Gasteiger partial charge < -0.3 is 15.5 Å². The molecule has 5 nitrogen and oxygen atoms in total. The summed E-state index contributed by atoms with van der Waals surface area (Å²) in [5, 5.41) is 22.1. The lowest BCUT2D eigenvalue weighted by Gasteiger charge is -2.22. The van der Waals surface area contributed by atoms with E-state index in [0.29, 0.717) is 12.1 Å². The Hall–Kier alpha value is -1.33. The van der Waals surface area contributed by atoms with Crippen LogP contribution < -0.4 is 10.9 Å². The normalized spacial score (nSPS) is 13.8. The van der Waals surface area contributed by atoms with Gasteiger partial charge in [0.2, 0.25) is 0 Å². The quantitative estimate of drug-likeness (QED) is 0.604. The zero-order chi connectivity index (χ0) is 12.3. The van der Waals surface area contributed by atoms with Crippen molar-refractivity contribution >= 4 is 0 Å². The van der Waals surface area contributed by atoms with Crippen molar-refractivity contribution in [1.29, 1.82) is 0 Å². The molecule has 1 rings (SSSR count). The van der Waals surface area contributed by atoms with Crippen LogP contribution in [0.5, 0.6) is 5.88 Å². The Morgan fingerprint density at radius 2 is 2.06 bits per heavy atom. The molecule has 0 saturated carbocycles. The van der Waals surface area contributed by atoms with Crippen molar-refractivity contribution in [1.82, 2.24) is 10.3 Å². The largest absolute Gasteiger partial charge is 0.495 e. The summed E-state index contributed by atoms with van der Waals surface area (Å²) in [6.07, 6.45) is -0.813. The van der Waals surface area contributed by atoms with E-state index in [4.69, 9.17) is 0 Å². The van der Waals surface area contributed by atoms with Crippen LogP contribution in [-0.2, 0) is 0 Å². The minimum Gasteiger partial charge on any atom is -0.495 e. The summed E-state index contributed by atoms with van der Waals surface area (Å²) in [4.78, 5) is 13.3. The molecule has 1 heterocycles. The van der Waals surface area contributed by atoms with Crippen molar-refractivity contribution in [2.24, 2.45) is 0 Å². The fourth-order valence-corrected chi connectivity index (χ4v) is 1.26. The van der Waals surface area contributed by atoms with Crippen LogP contribution >= 0.6 is 0 Å². The summed E-state index contributed by atoms with van der Waals surface area (Å²) in [7, 11) is 0. The van der Waals surface area contributed by atoms with Crippen LogP contribution in [0.3, 0.4) is 0 Å². The lowest BCUT2D eigenvalue weighted by molar-refractivity contribution is 0.162. The van der Waals surface area contributed by atoms with Crippen LogP contribution in [0, 0.1) is 0 Å². The third kappa shape index (κ3) is 4.04.